The van der Waals surface area contributed by atoms with E-state index in [0.717, 1.165) is 5.69 Å². The Hall–Kier alpha value is -1.85. The zero-order valence-corrected chi connectivity index (χ0v) is 10.5. The maximum Gasteiger partial charge on any atom is 0.255 e. The molecule has 7 heteroatoms. The summed E-state index contributed by atoms with van der Waals surface area (Å²) in [5.41, 5.74) is 0.762. The molecule has 1 N–H and O–H groups in total. The molecule has 0 fully saturated rings. The van der Waals surface area contributed by atoms with Crippen LogP contribution in [-0.4, -0.2) is 19.6 Å². The highest BCUT2D eigenvalue weighted by atomic mass is 35.5. The lowest BCUT2D eigenvalue weighted by Gasteiger charge is -2.09. The minimum atomic E-state index is 0.338. The van der Waals surface area contributed by atoms with Gasteiger partial charge in [-0.2, -0.15) is 19.6 Å². The van der Waals surface area contributed by atoms with Gasteiger partial charge in [0.2, 0.25) is 0 Å². The molecule has 1 aromatic carbocycles. The van der Waals surface area contributed by atoms with Crippen molar-refractivity contribution in [1.82, 2.24) is 19.6 Å². The average Bonchev–Trinajstić information content (AvgIpc) is 2.80. The number of aromatic nitrogens is 4. The number of nitrogens with one attached hydrogen (secondary N) is 1. The summed E-state index contributed by atoms with van der Waals surface area (Å²) in [6.07, 6.45) is 1.41. The third-order valence-electron chi connectivity index (χ3n) is 2.36. The molecule has 3 rings (SSSR count). The number of nitrogens with zero attached hydrogens (tertiary/aromatic N) is 4. The third-order valence-corrected chi connectivity index (χ3v) is 2.88. The molecule has 0 aliphatic heterocycles. The van der Waals surface area contributed by atoms with E-state index in [-0.39, 0.29) is 0 Å². The normalized spacial score (nSPS) is 10.8. The highest BCUT2D eigenvalue weighted by molar-refractivity contribution is 6.33. The lowest BCUT2D eigenvalue weighted by molar-refractivity contribution is 0.947. The zero-order chi connectivity index (χ0) is 12.5. The van der Waals surface area contributed by atoms with Gasteiger partial charge < -0.3 is 5.32 Å². The number of hydrogen-bond donors (Lipinski definition) is 1. The summed E-state index contributed by atoms with van der Waals surface area (Å²) in [6.45, 7) is 0. The van der Waals surface area contributed by atoms with E-state index in [9.17, 15) is 0 Å². The van der Waals surface area contributed by atoms with Crippen molar-refractivity contribution in [3.8, 4) is 0 Å². The van der Waals surface area contributed by atoms with Crippen LogP contribution in [0.15, 0.2) is 36.7 Å². The van der Waals surface area contributed by atoms with Gasteiger partial charge in [-0.05, 0) is 12.1 Å². The van der Waals surface area contributed by atoms with Gasteiger partial charge in [-0.3, -0.25) is 0 Å². The number of rotatable bonds is 2. The Morgan fingerprint density at radius 1 is 1.17 bits per heavy atom. The van der Waals surface area contributed by atoms with Crippen molar-refractivity contribution in [2.75, 3.05) is 5.32 Å². The molecule has 2 aromatic heterocycles. The summed E-state index contributed by atoms with van der Waals surface area (Å²) in [4.78, 5) is 8.03. The highest BCUT2D eigenvalue weighted by Gasteiger charge is 2.07. The van der Waals surface area contributed by atoms with Crippen LogP contribution in [0, 0.1) is 0 Å². The van der Waals surface area contributed by atoms with Crippen molar-refractivity contribution in [2.24, 2.45) is 0 Å². The Labute approximate surface area is 112 Å². The first-order valence-corrected chi connectivity index (χ1v) is 5.87. The fraction of sp³-hybridized carbons (Fsp3) is 0. The van der Waals surface area contributed by atoms with Crippen LogP contribution in [-0.2, 0) is 0 Å². The second-order valence-corrected chi connectivity index (χ2v) is 4.34. The first-order valence-electron chi connectivity index (χ1n) is 5.12. The molecular weight excluding hydrogens is 273 g/mol. The zero-order valence-electron chi connectivity index (χ0n) is 9.01. The van der Waals surface area contributed by atoms with Crippen molar-refractivity contribution in [3.05, 3.63) is 46.8 Å². The summed E-state index contributed by atoms with van der Waals surface area (Å²) in [7, 11) is 0. The lowest BCUT2D eigenvalue weighted by atomic mass is 10.3. The number of benzene rings is 1. The van der Waals surface area contributed by atoms with E-state index in [1.54, 1.807) is 16.6 Å². The highest BCUT2D eigenvalue weighted by Crippen LogP contribution is 2.25. The molecule has 0 saturated heterocycles. The number of fused-ring (bicyclic) bond motifs is 1. The molecule has 0 bridgehead atoms. The molecular formula is C11H7Cl2N5. The lowest BCUT2D eigenvalue weighted by Crippen LogP contribution is -2.01. The van der Waals surface area contributed by atoms with Crippen molar-refractivity contribution in [3.63, 3.8) is 0 Å². The molecule has 0 atom stereocenters. The van der Waals surface area contributed by atoms with Crippen molar-refractivity contribution in [1.29, 1.82) is 0 Å². The Balaban J connectivity index is 2.10. The van der Waals surface area contributed by atoms with Crippen LogP contribution in [0.25, 0.3) is 5.78 Å². The first-order chi connectivity index (χ1) is 8.74. The molecule has 5 nitrogen and oxygen atoms in total. The largest absolute Gasteiger partial charge is 0.339 e. The van der Waals surface area contributed by atoms with Crippen molar-refractivity contribution in [2.45, 2.75) is 0 Å². The Morgan fingerprint density at radius 2 is 2.00 bits per heavy atom. The molecule has 0 unspecified atom stereocenters. The SMILES string of the molecule is Clc1cc(Nc2ccccc2Cl)n2ncnc2n1. The number of anilines is 2. The summed E-state index contributed by atoms with van der Waals surface area (Å²) in [5.74, 6) is 1.08. The predicted molar refractivity (Wildman–Crippen MR) is 70.5 cm³/mol. The molecule has 3 aromatic rings. The van der Waals surface area contributed by atoms with Crippen LogP contribution in [0.1, 0.15) is 0 Å². The van der Waals surface area contributed by atoms with E-state index < -0.39 is 0 Å². The van der Waals surface area contributed by atoms with E-state index in [4.69, 9.17) is 23.2 Å². The van der Waals surface area contributed by atoms with Crippen LogP contribution in [0.5, 0.6) is 0 Å². The summed E-state index contributed by atoms with van der Waals surface area (Å²) in [5, 5.41) is 8.16. The minimum Gasteiger partial charge on any atom is -0.339 e. The van der Waals surface area contributed by atoms with Crippen LogP contribution in [0.3, 0.4) is 0 Å². The van der Waals surface area contributed by atoms with Crippen LogP contribution in [0.2, 0.25) is 10.2 Å². The maximum atomic E-state index is 6.08. The van der Waals surface area contributed by atoms with Gasteiger partial charge in [0.25, 0.3) is 5.78 Å². The topological polar surface area (TPSA) is 55.1 Å². The summed E-state index contributed by atoms with van der Waals surface area (Å²) in [6, 6.07) is 9.06. The quantitative estimate of drug-likeness (QED) is 0.732. The summed E-state index contributed by atoms with van der Waals surface area (Å²) >= 11 is 12.0. The van der Waals surface area contributed by atoms with E-state index in [1.165, 1.54) is 6.33 Å². The maximum absolute atomic E-state index is 6.08. The Bertz CT molecular complexity index is 709. The first kappa shape index (κ1) is 11.3. The average molecular weight is 280 g/mol. The van der Waals surface area contributed by atoms with E-state index in [1.807, 2.05) is 18.2 Å². The van der Waals surface area contributed by atoms with E-state index in [2.05, 4.69) is 20.4 Å². The number of hydrogen-bond acceptors (Lipinski definition) is 4. The van der Waals surface area contributed by atoms with Gasteiger partial charge in [0.15, 0.2) is 0 Å². The third kappa shape index (κ3) is 1.98. The number of para-hydroxylation sites is 1. The smallest absolute Gasteiger partial charge is 0.255 e. The van der Waals surface area contributed by atoms with Gasteiger partial charge in [-0.1, -0.05) is 35.3 Å². The van der Waals surface area contributed by atoms with Crippen molar-refractivity contribution >= 4 is 40.5 Å². The molecule has 0 spiro atoms. The minimum absolute atomic E-state index is 0.338. The van der Waals surface area contributed by atoms with E-state index in [0.29, 0.717) is 21.8 Å². The molecule has 2 heterocycles. The molecule has 0 amide bonds. The fourth-order valence-corrected chi connectivity index (χ4v) is 1.93. The standard InChI is InChI=1S/C11H7Cl2N5/c12-7-3-1-2-4-8(7)16-10-5-9(13)17-11-14-6-15-18(10)11/h1-6,16H. The predicted octanol–water partition coefficient (Wildman–Crippen LogP) is 3.17. The Morgan fingerprint density at radius 3 is 2.83 bits per heavy atom. The second-order valence-electron chi connectivity index (χ2n) is 3.54. The molecule has 18 heavy (non-hydrogen) atoms. The van der Waals surface area contributed by atoms with Gasteiger partial charge in [0.05, 0.1) is 10.7 Å². The van der Waals surface area contributed by atoms with Gasteiger partial charge >= 0.3 is 0 Å². The molecule has 0 saturated carbocycles. The molecule has 0 aliphatic carbocycles. The van der Waals surface area contributed by atoms with Crippen LogP contribution < -0.4 is 5.32 Å². The van der Waals surface area contributed by atoms with Crippen LogP contribution in [0.4, 0.5) is 11.5 Å². The molecule has 0 aliphatic rings. The van der Waals surface area contributed by atoms with Gasteiger partial charge in [0, 0.05) is 6.07 Å². The molecule has 0 radical (unpaired) electrons. The monoisotopic (exact) mass is 279 g/mol. The fourth-order valence-electron chi connectivity index (χ4n) is 1.57. The Kier molecular flexibility index (Phi) is 2.77. The second kappa shape index (κ2) is 4.44. The van der Waals surface area contributed by atoms with Gasteiger partial charge in [-0.15, -0.1) is 0 Å². The van der Waals surface area contributed by atoms with Gasteiger partial charge in [-0.25, -0.2) is 0 Å². The van der Waals surface area contributed by atoms with Gasteiger partial charge in [0.1, 0.15) is 17.3 Å². The number of halogens is 2. The summed E-state index contributed by atoms with van der Waals surface area (Å²) < 4.78 is 1.55. The van der Waals surface area contributed by atoms with Crippen molar-refractivity contribution < 1.29 is 0 Å². The van der Waals surface area contributed by atoms with Crippen LogP contribution >= 0.6 is 23.2 Å². The molecule has 90 valence electrons. The van der Waals surface area contributed by atoms with E-state index >= 15 is 0 Å².